The number of amides is 1. The topological polar surface area (TPSA) is 81.8 Å². The van der Waals surface area contributed by atoms with E-state index in [9.17, 15) is 13.2 Å². The highest BCUT2D eigenvalue weighted by molar-refractivity contribution is 7.89. The zero-order chi connectivity index (χ0) is 17.6. The van der Waals surface area contributed by atoms with Gasteiger partial charge in [-0.2, -0.15) is 0 Å². The van der Waals surface area contributed by atoms with Crippen LogP contribution in [-0.2, 0) is 14.8 Å². The Morgan fingerprint density at radius 2 is 1.83 bits per heavy atom. The molecule has 1 amide bonds. The molecule has 0 bridgehead atoms. The van der Waals surface area contributed by atoms with Gasteiger partial charge in [-0.25, -0.2) is 12.7 Å². The van der Waals surface area contributed by atoms with Gasteiger partial charge in [0.15, 0.2) is 0 Å². The Kier molecular flexibility index (Phi) is 6.99. The summed E-state index contributed by atoms with van der Waals surface area (Å²) in [6.07, 6.45) is 1.09. The van der Waals surface area contributed by atoms with Crippen molar-refractivity contribution in [1.82, 2.24) is 9.62 Å². The highest BCUT2D eigenvalue weighted by Gasteiger charge is 2.20. The third-order valence-electron chi connectivity index (χ3n) is 3.33. The van der Waals surface area contributed by atoms with Gasteiger partial charge >= 0.3 is 0 Å². The summed E-state index contributed by atoms with van der Waals surface area (Å²) in [5, 5.41) is 5.80. The van der Waals surface area contributed by atoms with Crippen LogP contribution in [0.15, 0.2) is 23.1 Å². The largest absolute Gasteiger partial charge is 0.376 e. The molecule has 1 aromatic carbocycles. The highest BCUT2D eigenvalue weighted by Crippen LogP contribution is 2.28. The first-order chi connectivity index (χ1) is 10.7. The molecule has 0 saturated heterocycles. The van der Waals surface area contributed by atoms with E-state index in [1.165, 1.54) is 20.2 Å². The minimum Gasteiger partial charge on any atom is -0.376 e. The lowest BCUT2D eigenvalue weighted by atomic mass is 10.2. The van der Waals surface area contributed by atoms with E-state index in [1.807, 2.05) is 26.0 Å². The predicted octanol–water partition coefficient (Wildman–Crippen LogP) is 0.941. The van der Waals surface area contributed by atoms with E-state index in [-0.39, 0.29) is 10.8 Å². The third kappa shape index (κ3) is 5.19. The molecular formula is C15H26N4O3S. The zero-order valence-corrected chi connectivity index (χ0v) is 15.2. The van der Waals surface area contributed by atoms with E-state index in [1.54, 1.807) is 12.1 Å². The first-order valence-corrected chi connectivity index (χ1v) is 8.82. The maximum absolute atomic E-state index is 12.3. The summed E-state index contributed by atoms with van der Waals surface area (Å²) >= 11 is 0. The maximum atomic E-state index is 12.3. The molecule has 0 unspecified atom stereocenters. The summed E-state index contributed by atoms with van der Waals surface area (Å²) in [7, 11) is 4.92. The van der Waals surface area contributed by atoms with Gasteiger partial charge < -0.3 is 15.5 Å². The third-order valence-corrected chi connectivity index (χ3v) is 5.14. The summed E-state index contributed by atoms with van der Waals surface area (Å²) in [6, 6.07) is 4.74. The molecule has 0 radical (unpaired) electrons. The molecule has 0 aliphatic carbocycles. The van der Waals surface area contributed by atoms with Gasteiger partial charge in [-0.05, 0) is 38.2 Å². The summed E-state index contributed by atoms with van der Waals surface area (Å²) in [5.74, 6) is -0.136. The quantitative estimate of drug-likeness (QED) is 0.687. The second-order valence-electron chi connectivity index (χ2n) is 5.62. The van der Waals surface area contributed by atoms with Crippen LogP contribution >= 0.6 is 0 Å². The van der Waals surface area contributed by atoms with Gasteiger partial charge in [-0.15, -0.1) is 0 Å². The number of hydrogen-bond donors (Lipinski definition) is 2. The van der Waals surface area contributed by atoms with Gasteiger partial charge in [0, 0.05) is 34.6 Å². The van der Waals surface area contributed by atoms with Crippen molar-refractivity contribution in [2.75, 3.05) is 52.0 Å². The van der Waals surface area contributed by atoms with Crippen molar-refractivity contribution < 1.29 is 13.2 Å². The Labute approximate surface area is 138 Å². The van der Waals surface area contributed by atoms with E-state index in [2.05, 4.69) is 10.6 Å². The Hall–Kier alpha value is -1.64. The fraction of sp³-hybridized carbons (Fsp3) is 0.533. The predicted molar refractivity (Wildman–Crippen MR) is 93.4 cm³/mol. The van der Waals surface area contributed by atoms with Crippen LogP contribution in [0.1, 0.15) is 12.8 Å². The van der Waals surface area contributed by atoms with Gasteiger partial charge in [0.1, 0.15) is 0 Å². The van der Waals surface area contributed by atoms with E-state index < -0.39 is 10.0 Å². The second-order valence-corrected chi connectivity index (χ2v) is 7.77. The zero-order valence-electron chi connectivity index (χ0n) is 14.4. The minimum atomic E-state index is -3.55. The molecule has 0 saturated carbocycles. The molecule has 0 fully saturated rings. The molecule has 0 aromatic heterocycles. The molecular weight excluding hydrogens is 316 g/mol. The fourth-order valence-corrected chi connectivity index (χ4v) is 2.94. The van der Waals surface area contributed by atoms with E-state index in [0.717, 1.165) is 23.0 Å². The van der Waals surface area contributed by atoms with Crippen LogP contribution in [0.25, 0.3) is 0 Å². The van der Waals surface area contributed by atoms with Crippen molar-refractivity contribution in [3.05, 3.63) is 18.2 Å². The van der Waals surface area contributed by atoms with E-state index in [4.69, 9.17) is 0 Å². The average Bonchev–Trinajstić information content (AvgIpc) is 2.46. The van der Waals surface area contributed by atoms with Crippen molar-refractivity contribution >= 4 is 27.3 Å². The molecule has 2 N–H and O–H groups in total. The van der Waals surface area contributed by atoms with Crippen molar-refractivity contribution in [2.45, 2.75) is 17.7 Å². The smallest absolute Gasteiger partial charge is 0.242 e. The van der Waals surface area contributed by atoms with Crippen LogP contribution in [0, 0.1) is 0 Å². The SMILES string of the molecule is CNCCCC(=O)Nc1cc(S(=O)(=O)N(C)C)ccc1N(C)C. The van der Waals surface area contributed by atoms with Crippen LogP contribution in [-0.4, -0.2) is 60.4 Å². The first kappa shape index (κ1) is 19.4. The number of nitrogens with one attached hydrogen (secondary N) is 2. The number of sulfonamides is 1. The van der Waals surface area contributed by atoms with Crippen LogP contribution in [0.3, 0.4) is 0 Å². The van der Waals surface area contributed by atoms with Crippen molar-refractivity contribution in [3.63, 3.8) is 0 Å². The molecule has 7 nitrogen and oxygen atoms in total. The normalized spacial score (nSPS) is 11.6. The van der Waals surface area contributed by atoms with Crippen LogP contribution < -0.4 is 15.5 Å². The molecule has 0 aliphatic heterocycles. The molecule has 0 spiro atoms. The molecule has 23 heavy (non-hydrogen) atoms. The number of carbonyl (C=O) groups excluding carboxylic acids is 1. The highest BCUT2D eigenvalue weighted by atomic mass is 32.2. The number of nitrogens with zero attached hydrogens (tertiary/aromatic N) is 2. The van der Waals surface area contributed by atoms with Crippen LogP contribution in [0.5, 0.6) is 0 Å². The molecule has 130 valence electrons. The molecule has 1 rings (SSSR count). The number of hydrogen-bond acceptors (Lipinski definition) is 5. The Bertz CT molecular complexity index is 642. The van der Waals surface area contributed by atoms with Crippen LogP contribution in [0.2, 0.25) is 0 Å². The number of anilines is 2. The van der Waals surface area contributed by atoms with Gasteiger partial charge in [0.2, 0.25) is 15.9 Å². The number of rotatable bonds is 8. The molecule has 8 heteroatoms. The van der Waals surface area contributed by atoms with Gasteiger partial charge in [0.05, 0.1) is 16.3 Å². The number of carbonyl (C=O) groups is 1. The lowest BCUT2D eigenvalue weighted by molar-refractivity contribution is -0.116. The molecule has 0 aliphatic rings. The lowest BCUT2D eigenvalue weighted by Crippen LogP contribution is -2.23. The Balaban J connectivity index is 3.09. The monoisotopic (exact) mass is 342 g/mol. The molecule has 0 heterocycles. The Morgan fingerprint density at radius 1 is 1.17 bits per heavy atom. The summed E-state index contributed by atoms with van der Waals surface area (Å²) in [4.78, 5) is 14.0. The Morgan fingerprint density at radius 3 is 2.35 bits per heavy atom. The maximum Gasteiger partial charge on any atom is 0.242 e. The summed E-state index contributed by atoms with van der Waals surface area (Å²) in [5.41, 5.74) is 1.25. The minimum absolute atomic E-state index is 0.136. The standard InChI is InChI=1S/C15H26N4O3S/c1-16-10-6-7-15(20)17-13-11-12(23(21,22)19(4)5)8-9-14(13)18(2)3/h8-9,11,16H,6-7,10H2,1-5H3,(H,17,20). The van der Waals surface area contributed by atoms with Crippen LogP contribution in [0.4, 0.5) is 11.4 Å². The molecule has 0 atom stereocenters. The average molecular weight is 342 g/mol. The summed E-state index contributed by atoms with van der Waals surface area (Å²) < 4.78 is 25.7. The molecule has 1 aromatic rings. The van der Waals surface area contributed by atoms with Crippen molar-refractivity contribution in [3.8, 4) is 0 Å². The van der Waals surface area contributed by atoms with Gasteiger partial charge in [-0.3, -0.25) is 4.79 Å². The number of benzene rings is 1. The van der Waals surface area contributed by atoms with Crippen molar-refractivity contribution in [1.29, 1.82) is 0 Å². The van der Waals surface area contributed by atoms with Gasteiger partial charge in [-0.1, -0.05) is 0 Å². The second kappa shape index (κ2) is 8.28. The summed E-state index contributed by atoms with van der Waals surface area (Å²) in [6.45, 7) is 0.753. The fourth-order valence-electron chi connectivity index (χ4n) is 2.01. The van der Waals surface area contributed by atoms with E-state index >= 15 is 0 Å². The van der Waals surface area contributed by atoms with E-state index in [0.29, 0.717) is 12.1 Å². The first-order valence-electron chi connectivity index (χ1n) is 7.38. The lowest BCUT2D eigenvalue weighted by Gasteiger charge is -2.20. The van der Waals surface area contributed by atoms with Crippen molar-refractivity contribution in [2.24, 2.45) is 0 Å². The van der Waals surface area contributed by atoms with Gasteiger partial charge in [0.25, 0.3) is 0 Å².